The molecule has 8 nitrogen and oxygen atoms in total. The van der Waals surface area contributed by atoms with Crippen molar-refractivity contribution in [2.75, 3.05) is 16.3 Å². The largest absolute Gasteiger partial charge is 0.391 e. The van der Waals surface area contributed by atoms with E-state index in [0.29, 0.717) is 18.9 Å². The van der Waals surface area contributed by atoms with Gasteiger partial charge in [-0.25, -0.2) is 4.98 Å². The molecule has 31 heavy (non-hydrogen) atoms. The summed E-state index contributed by atoms with van der Waals surface area (Å²) < 4.78 is 3.69. The summed E-state index contributed by atoms with van der Waals surface area (Å²) in [4.78, 5) is 20.7. The van der Waals surface area contributed by atoms with Crippen molar-refractivity contribution in [3.05, 3.63) is 35.4 Å². The van der Waals surface area contributed by atoms with Crippen LogP contribution in [0.15, 0.2) is 18.6 Å². The Labute approximate surface area is 189 Å². The smallest absolute Gasteiger partial charge is 0.239 e. The van der Waals surface area contributed by atoms with E-state index in [1.807, 2.05) is 31.7 Å². The molecule has 0 aromatic carbocycles. The summed E-state index contributed by atoms with van der Waals surface area (Å²) in [7, 11) is 1.99. The average Bonchev–Trinajstić information content (AvgIpc) is 3.13. The fraction of sp³-hybridized carbons (Fsp3) is 0.545. The summed E-state index contributed by atoms with van der Waals surface area (Å²) in [6, 6.07) is 2.07. The molecule has 0 saturated heterocycles. The number of aliphatic hydroxyl groups is 1. The van der Waals surface area contributed by atoms with Crippen LogP contribution in [0.5, 0.6) is 0 Å². The quantitative estimate of drug-likeness (QED) is 0.511. The molecule has 3 aromatic heterocycles. The van der Waals surface area contributed by atoms with Gasteiger partial charge in [0.15, 0.2) is 17.0 Å². The third-order valence-electron chi connectivity index (χ3n) is 5.57. The Morgan fingerprint density at radius 2 is 1.87 bits per heavy atom. The number of thiol groups is 1. The Balaban J connectivity index is 2.10. The summed E-state index contributed by atoms with van der Waals surface area (Å²) in [5.74, 6) is 1.17. The number of rotatable bonds is 8. The summed E-state index contributed by atoms with van der Waals surface area (Å²) in [5.41, 5.74) is 4.81. The van der Waals surface area contributed by atoms with Crippen molar-refractivity contribution in [2.45, 2.75) is 72.7 Å². The lowest BCUT2D eigenvalue weighted by Crippen LogP contribution is -2.37. The highest BCUT2D eigenvalue weighted by atomic mass is 32.1. The Bertz CT molecular complexity index is 1050. The highest BCUT2D eigenvalue weighted by Gasteiger charge is 2.25. The van der Waals surface area contributed by atoms with E-state index in [9.17, 15) is 5.11 Å². The molecule has 2 atom stereocenters. The predicted molar refractivity (Wildman–Crippen MR) is 129 cm³/mol. The highest BCUT2D eigenvalue weighted by Crippen LogP contribution is 2.30. The zero-order valence-corrected chi connectivity index (χ0v) is 20.3. The Kier molecular flexibility index (Phi) is 7.06. The van der Waals surface area contributed by atoms with Crippen LogP contribution in [-0.2, 0) is 6.54 Å². The van der Waals surface area contributed by atoms with Crippen molar-refractivity contribution < 1.29 is 5.11 Å². The third-order valence-corrected chi connectivity index (χ3v) is 6.04. The number of imidazole rings is 1. The van der Waals surface area contributed by atoms with Gasteiger partial charge in [0.25, 0.3) is 0 Å². The number of fused-ring (bicyclic) bond motifs is 1. The van der Waals surface area contributed by atoms with Crippen LogP contribution in [0.3, 0.4) is 0 Å². The minimum atomic E-state index is -0.570. The lowest BCUT2D eigenvalue weighted by Gasteiger charge is -2.29. The standard InChI is InChI=1S/C22H33N7OS/c1-8-18(16(6)30)29(31)22-25-20(19-21(26-22)28(12-24-19)13(2)3)27(7)11-17-10-23-15(5)9-14(17)4/h9-10,12-13,16,18,30-31H,8,11H2,1-7H3/t16-,18+/m1/s1. The van der Waals surface area contributed by atoms with Gasteiger partial charge in [-0.15, -0.1) is 0 Å². The van der Waals surface area contributed by atoms with Crippen LogP contribution in [0.2, 0.25) is 0 Å². The second-order valence-corrected chi connectivity index (χ2v) is 8.86. The number of anilines is 2. The summed E-state index contributed by atoms with van der Waals surface area (Å²) in [6.07, 6.45) is 3.86. The van der Waals surface area contributed by atoms with Gasteiger partial charge in [0.2, 0.25) is 5.95 Å². The molecular weight excluding hydrogens is 410 g/mol. The topological polar surface area (TPSA) is 83.2 Å². The third kappa shape index (κ3) is 4.77. The molecule has 0 unspecified atom stereocenters. The molecule has 3 rings (SSSR count). The van der Waals surface area contributed by atoms with Crippen LogP contribution < -0.4 is 9.21 Å². The minimum Gasteiger partial charge on any atom is -0.391 e. The second-order valence-electron chi connectivity index (χ2n) is 8.43. The Morgan fingerprint density at radius 1 is 1.16 bits per heavy atom. The first-order valence-electron chi connectivity index (χ1n) is 10.7. The first-order chi connectivity index (χ1) is 14.6. The molecule has 3 heterocycles. The number of hydrogen-bond donors (Lipinski definition) is 2. The van der Waals surface area contributed by atoms with Gasteiger partial charge in [-0.2, -0.15) is 9.97 Å². The van der Waals surface area contributed by atoms with Crippen molar-refractivity contribution in [1.82, 2.24) is 24.5 Å². The molecule has 0 radical (unpaired) electrons. The first-order valence-corrected chi connectivity index (χ1v) is 11.1. The van der Waals surface area contributed by atoms with Crippen LogP contribution in [0, 0.1) is 13.8 Å². The number of aromatic nitrogens is 5. The SMILES string of the molecule is CC[C@@H]([C@@H](C)O)N(S)c1nc(N(C)Cc2cnc(C)cc2C)c2ncn(C(C)C)c2n1. The molecule has 0 aliphatic heterocycles. The van der Waals surface area contributed by atoms with E-state index in [1.165, 1.54) is 5.56 Å². The molecule has 0 aliphatic rings. The number of aryl methyl sites for hydroxylation is 2. The van der Waals surface area contributed by atoms with Gasteiger partial charge < -0.3 is 14.6 Å². The fourth-order valence-corrected chi connectivity index (χ4v) is 4.17. The molecule has 0 spiro atoms. The Morgan fingerprint density at radius 3 is 2.45 bits per heavy atom. The van der Waals surface area contributed by atoms with Gasteiger partial charge in [0, 0.05) is 31.5 Å². The van der Waals surface area contributed by atoms with E-state index < -0.39 is 6.10 Å². The average molecular weight is 444 g/mol. The van der Waals surface area contributed by atoms with Crippen molar-refractivity contribution in [1.29, 1.82) is 0 Å². The molecule has 1 N–H and O–H groups in total. The molecule has 9 heteroatoms. The maximum atomic E-state index is 10.2. The predicted octanol–water partition coefficient (Wildman–Crippen LogP) is 3.87. The van der Waals surface area contributed by atoms with E-state index in [2.05, 4.69) is 54.5 Å². The molecular formula is C22H33N7OS. The van der Waals surface area contributed by atoms with Crippen molar-refractivity contribution in [3.8, 4) is 0 Å². The normalized spacial score (nSPS) is 13.6. The monoisotopic (exact) mass is 443 g/mol. The second kappa shape index (κ2) is 9.40. The number of nitrogens with zero attached hydrogens (tertiary/aromatic N) is 7. The van der Waals surface area contributed by atoms with Gasteiger partial charge in [-0.05, 0) is 58.2 Å². The fourth-order valence-electron chi connectivity index (χ4n) is 3.72. The number of aliphatic hydroxyl groups excluding tert-OH is 1. The molecule has 0 aliphatic carbocycles. The summed E-state index contributed by atoms with van der Waals surface area (Å²) in [6.45, 7) is 12.7. The summed E-state index contributed by atoms with van der Waals surface area (Å²) in [5, 5.41) is 10.2. The van der Waals surface area contributed by atoms with E-state index in [0.717, 1.165) is 28.2 Å². The van der Waals surface area contributed by atoms with Gasteiger partial charge in [0.05, 0.1) is 18.5 Å². The van der Waals surface area contributed by atoms with Crippen molar-refractivity contribution in [3.63, 3.8) is 0 Å². The van der Waals surface area contributed by atoms with Crippen molar-refractivity contribution >= 4 is 35.7 Å². The molecule has 0 saturated carbocycles. The van der Waals surface area contributed by atoms with Gasteiger partial charge in [-0.1, -0.05) is 19.7 Å². The van der Waals surface area contributed by atoms with Crippen molar-refractivity contribution in [2.24, 2.45) is 0 Å². The van der Waals surface area contributed by atoms with Crippen LogP contribution in [0.4, 0.5) is 11.8 Å². The molecule has 0 fully saturated rings. The van der Waals surface area contributed by atoms with Crippen LogP contribution in [-0.4, -0.2) is 48.8 Å². The lowest BCUT2D eigenvalue weighted by molar-refractivity contribution is 0.164. The van der Waals surface area contributed by atoms with E-state index >= 15 is 0 Å². The maximum Gasteiger partial charge on any atom is 0.239 e. The highest BCUT2D eigenvalue weighted by molar-refractivity contribution is 7.81. The molecule has 3 aromatic rings. The van der Waals surface area contributed by atoms with E-state index in [1.54, 1.807) is 17.6 Å². The lowest BCUT2D eigenvalue weighted by atomic mass is 10.1. The number of hydrogen-bond acceptors (Lipinski definition) is 8. The zero-order chi connectivity index (χ0) is 22.9. The van der Waals surface area contributed by atoms with Gasteiger partial charge in [0.1, 0.15) is 0 Å². The van der Waals surface area contributed by atoms with Crippen LogP contribution in [0.1, 0.15) is 57.0 Å². The summed E-state index contributed by atoms with van der Waals surface area (Å²) >= 11 is 4.66. The number of pyridine rings is 1. The van der Waals surface area contributed by atoms with Crippen LogP contribution in [0.25, 0.3) is 11.2 Å². The zero-order valence-electron chi connectivity index (χ0n) is 19.4. The van der Waals surface area contributed by atoms with E-state index in [4.69, 9.17) is 9.97 Å². The van der Waals surface area contributed by atoms with Gasteiger partial charge in [-0.3, -0.25) is 9.29 Å². The molecule has 0 bridgehead atoms. The minimum absolute atomic E-state index is 0.196. The first kappa shape index (κ1) is 23.3. The van der Waals surface area contributed by atoms with Crippen LogP contribution >= 0.6 is 12.8 Å². The molecule has 0 amide bonds. The maximum absolute atomic E-state index is 10.2. The Hall–Kier alpha value is -2.39. The van der Waals surface area contributed by atoms with E-state index in [-0.39, 0.29) is 12.1 Å². The van der Waals surface area contributed by atoms with Gasteiger partial charge >= 0.3 is 0 Å². The molecule has 168 valence electrons.